The van der Waals surface area contributed by atoms with E-state index in [-0.39, 0.29) is 0 Å². The molecule has 148 valence electrons. The SMILES string of the molecule is C=C[C@@H]1CC[C@@H]2CC(C3CCc4cc(OCCCC)ccc4C3)CCC2C1. The predicted octanol–water partition coefficient (Wildman–Crippen LogP) is 6.99. The van der Waals surface area contributed by atoms with Gasteiger partial charge in [0.1, 0.15) is 5.75 Å². The average molecular weight is 367 g/mol. The Morgan fingerprint density at radius 2 is 1.74 bits per heavy atom. The van der Waals surface area contributed by atoms with Crippen molar-refractivity contribution in [2.45, 2.75) is 77.6 Å². The minimum atomic E-state index is 0.804. The van der Waals surface area contributed by atoms with E-state index in [0.29, 0.717) is 0 Å². The van der Waals surface area contributed by atoms with E-state index in [0.717, 1.165) is 48.4 Å². The summed E-state index contributed by atoms with van der Waals surface area (Å²) in [6, 6.07) is 6.91. The molecule has 3 aliphatic rings. The molecule has 0 spiro atoms. The second kappa shape index (κ2) is 8.84. The minimum absolute atomic E-state index is 0.804. The molecular formula is C26H38O. The van der Waals surface area contributed by atoms with E-state index >= 15 is 0 Å². The topological polar surface area (TPSA) is 9.23 Å². The maximum absolute atomic E-state index is 5.93. The second-order valence-corrected chi connectivity index (χ2v) is 9.54. The second-order valence-electron chi connectivity index (χ2n) is 9.54. The third-order valence-electron chi connectivity index (χ3n) is 7.91. The van der Waals surface area contributed by atoms with Crippen LogP contribution in [0.2, 0.25) is 0 Å². The third-order valence-corrected chi connectivity index (χ3v) is 7.91. The molecule has 3 unspecified atom stereocenters. The lowest BCUT2D eigenvalue weighted by Gasteiger charge is -2.44. The first-order valence-corrected chi connectivity index (χ1v) is 11.6. The molecule has 1 nitrogen and oxygen atoms in total. The van der Waals surface area contributed by atoms with E-state index in [4.69, 9.17) is 4.74 Å². The van der Waals surface area contributed by atoms with Gasteiger partial charge in [0.25, 0.3) is 0 Å². The van der Waals surface area contributed by atoms with E-state index in [1.165, 1.54) is 64.2 Å². The molecule has 2 saturated carbocycles. The van der Waals surface area contributed by atoms with Gasteiger partial charge in [0, 0.05) is 0 Å². The van der Waals surface area contributed by atoms with Crippen LogP contribution in [0, 0.1) is 29.6 Å². The number of fused-ring (bicyclic) bond motifs is 2. The molecule has 1 aromatic rings. The Morgan fingerprint density at radius 1 is 0.963 bits per heavy atom. The molecule has 0 aromatic heterocycles. The van der Waals surface area contributed by atoms with Gasteiger partial charge in [-0.25, -0.2) is 0 Å². The Morgan fingerprint density at radius 3 is 2.56 bits per heavy atom. The summed E-state index contributed by atoms with van der Waals surface area (Å²) in [5, 5.41) is 0. The molecule has 0 bridgehead atoms. The maximum Gasteiger partial charge on any atom is 0.119 e. The summed E-state index contributed by atoms with van der Waals surface area (Å²) >= 11 is 0. The summed E-state index contributed by atoms with van der Waals surface area (Å²) in [6.45, 7) is 7.12. The zero-order valence-electron chi connectivity index (χ0n) is 17.3. The van der Waals surface area contributed by atoms with Gasteiger partial charge >= 0.3 is 0 Å². The number of allylic oxidation sites excluding steroid dienone is 1. The molecule has 27 heavy (non-hydrogen) atoms. The van der Waals surface area contributed by atoms with Crippen LogP contribution in [-0.4, -0.2) is 6.61 Å². The third kappa shape index (κ3) is 4.44. The molecule has 0 aliphatic heterocycles. The highest BCUT2D eigenvalue weighted by molar-refractivity contribution is 5.37. The highest BCUT2D eigenvalue weighted by atomic mass is 16.5. The van der Waals surface area contributed by atoms with Crippen LogP contribution in [0.1, 0.15) is 75.8 Å². The van der Waals surface area contributed by atoms with Crippen molar-refractivity contribution in [3.63, 3.8) is 0 Å². The summed E-state index contributed by atoms with van der Waals surface area (Å²) in [5.74, 6) is 5.79. The minimum Gasteiger partial charge on any atom is -0.494 e. The number of hydrogen-bond donors (Lipinski definition) is 0. The molecule has 0 radical (unpaired) electrons. The number of unbranched alkanes of at least 4 members (excludes halogenated alkanes) is 1. The van der Waals surface area contributed by atoms with Gasteiger partial charge in [0.2, 0.25) is 0 Å². The Hall–Kier alpha value is -1.24. The molecule has 3 aliphatic carbocycles. The molecule has 0 N–H and O–H groups in total. The number of benzene rings is 1. The van der Waals surface area contributed by atoms with Crippen molar-refractivity contribution in [3.8, 4) is 5.75 Å². The Balaban J connectivity index is 1.34. The van der Waals surface area contributed by atoms with Gasteiger partial charge in [0.05, 0.1) is 6.61 Å². The maximum atomic E-state index is 5.93. The molecule has 2 fully saturated rings. The van der Waals surface area contributed by atoms with Crippen molar-refractivity contribution >= 4 is 0 Å². The summed E-state index contributed by atoms with van der Waals surface area (Å²) in [4.78, 5) is 0. The number of rotatable bonds is 6. The highest BCUT2D eigenvalue weighted by Crippen LogP contribution is 2.48. The normalized spacial score (nSPS) is 33.0. The van der Waals surface area contributed by atoms with Gasteiger partial charge in [-0.3, -0.25) is 0 Å². The van der Waals surface area contributed by atoms with Crippen LogP contribution < -0.4 is 4.74 Å². The van der Waals surface area contributed by atoms with Crippen LogP contribution in [-0.2, 0) is 12.8 Å². The molecule has 1 aromatic carbocycles. The van der Waals surface area contributed by atoms with Gasteiger partial charge in [-0.2, -0.15) is 0 Å². The Bertz CT molecular complexity index is 633. The summed E-state index contributed by atoms with van der Waals surface area (Å²) in [5.41, 5.74) is 3.16. The van der Waals surface area contributed by atoms with Gasteiger partial charge < -0.3 is 4.74 Å². The van der Waals surface area contributed by atoms with Crippen molar-refractivity contribution in [2.24, 2.45) is 29.6 Å². The monoisotopic (exact) mass is 366 g/mol. The van der Waals surface area contributed by atoms with Gasteiger partial charge in [-0.1, -0.05) is 25.5 Å². The standard InChI is InChI=1S/C26H38O/c1-3-5-14-27-26-13-12-24-17-23(10-11-25(24)18-26)22-9-8-20-15-19(4-2)6-7-21(20)16-22/h4,12-13,18-23H,2-3,5-11,14-17H2,1H3/t19-,20?,21-,22?,23?/m1/s1. The van der Waals surface area contributed by atoms with Gasteiger partial charge in [-0.05, 0) is 117 Å². The zero-order valence-corrected chi connectivity index (χ0v) is 17.3. The zero-order chi connectivity index (χ0) is 18.6. The Kier molecular flexibility index (Phi) is 6.25. The van der Waals surface area contributed by atoms with Crippen molar-refractivity contribution < 1.29 is 4.74 Å². The largest absolute Gasteiger partial charge is 0.494 e. The van der Waals surface area contributed by atoms with E-state index in [9.17, 15) is 0 Å². The summed E-state index contributed by atoms with van der Waals surface area (Å²) < 4.78 is 5.93. The summed E-state index contributed by atoms with van der Waals surface area (Å²) in [6.07, 6.45) is 17.3. The highest BCUT2D eigenvalue weighted by Gasteiger charge is 2.38. The first kappa shape index (κ1) is 19.1. The van der Waals surface area contributed by atoms with Crippen LogP contribution in [0.25, 0.3) is 0 Å². The van der Waals surface area contributed by atoms with Crippen LogP contribution in [0.15, 0.2) is 30.9 Å². The fourth-order valence-corrected chi connectivity index (χ4v) is 6.19. The molecule has 0 amide bonds. The van der Waals surface area contributed by atoms with Crippen LogP contribution in [0.3, 0.4) is 0 Å². The summed E-state index contributed by atoms with van der Waals surface area (Å²) in [7, 11) is 0. The van der Waals surface area contributed by atoms with Crippen LogP contribution >= 0.6 is 0 Å². The molecule has 5 atom stereocenters. The van der Waals surface area contributed by atoms with Gasteiger partial charge in [0.15, 0.2) is 0 Å². The molecule has 0 heterocycles. The lowest BCUT2D eigenvalue weighted by molar-refractivity contribution is 0.0811. The first-order valence-electron chi connectivity index (χ1n) is 11.6. The van der Waals surface area contributed by atoms with Crippen molar-refractivity contribution in [3.05, 3.63) is 42.0 Å². The van der Waals surface area contributed by atoms with Crippen molar-refractivity contribution in [1.82, 2.24) is 0 Å². The van der Waals surface area contributed by atoms with Crippen LogP contribution in [0.5, 0.6) is 5.75 Å². The van der Waals surface area contributed by atoms with Gasteiger partial charge in [-0.15, -0.1) is 6.58 Å². The fraction of sp³-hybridized carbons (Fsp3) is 0.692. The molecule has 0 saturated heterocycles. The lowest BCUT2D eigenvalue weighted by Crippen LogP contribution is -2.34. The lowest BCUT2D eigenvalue weighted by atomic mass is 9.61. The van der Waals surface area contributed by atoms with E-state index < -0.39 is 0 Å². The van der Waals surface area contributed by atoms with E-state index in [1.807, 2.05) is 0 Å². The van der Waals surface area contributed by atoms with Crippen molar-refractivity contribution in [2.75, 3.05) is 6.61 Å². The van der Waals surface area contributed by atoms with Crippen LogP contribution in [0.4, 0.5) is 0 Å². The number of aryl methyl sites for hydroxylation is 1. The first-order chi connectivity index (χ1) is 13.3. The van der Waals surface area contributed by atoms with E-state index in [1.54, 1.807) is 11.1 Å². The van der Waals surface area contributed by atoms with E-state index in [2.05, 4.69) is 37.8 Å². The van der Waals surface area contributed by atoms with Crippen molar-refractivity contribution in [1.29, 1.82) is 0 Å². The predicted molar refractivity (Wildman–Crippen MR) is 114 cm³/mol. The number of hydrogen-bond acceptors (Lipinski definition) is 1. The molecule has 1 heteroatoms. The fourth-order valence-electron chi connectivity index (χ4n) is 6.19. The Labute approximate surface area is 166 Å². The molecule has 4 rings (SSSR count). The number of ether oxygens (including phenoxy) is 1. The smallest absolute Gasteiger partial charge is 0.119 e. The quantitative estimate of drug-likeness (QED) is 0.389. The molecular weight excluding hydrogens is 328 g/mol. The average Bonchev–Trinajstić information content (AvgIpc) is 2.72.